The zero-order chi connectivity index (χ0) is 12.3. The van der Waals surface area contributed by atoms with Crippen LogP contribution in [0.25, 0.3) is 0 Å². The minimum atomic E-state index is 0.177. The average molecular weight is 250 g/mol. The first-order valence-electron chi connectivity index (χ1n) is 6.38. The van der Waals surface area contributed by atoms with Crippen molar-refractivity contribution in [2.75, 3.05) is 23.5 Å². The Kier molecular flexibility index (Phi) is 4.35. The van der Waals surface area contributed by atoms with E-state index in [1.807, 2.05) is 0 Å². The van der Waals surface area contributed by atoms with Crippen molar-refractivity contribution >= 4 is 17.4 Å². The van der Waals surface area contributed by atoms with Gasteiger partial charge in [-0.05, 0) is 36.3 Å². The maximum absolute atomic E-state index is 6.03. The molecule has 0 amide bonds. The van der Waals surface area contributed by atoms with Crippen LogP contribution in [0.5, 0.6) is 0 Å². The van der Waals surface area contributed by atoms with Gasteiger partial charge in [-0.1, -0.05) is 19.1 Å². The molecule has 17 heavy (non-hydrogen) atoms. The Balaban J connectivity index is 2.06. The first-order chi connectivity index (χ1) is 8.22. The third kappa shape index (κ3) is 2.96. The molecule has 0 aromatic heterocycles. The molecule has 1 aliphatic heterocycles. The van der Waals surface area contributed by atoms with E-state index in [1.54, 1.807) is 0 Å². The number of anilines is 1. The molecule has 0 aliphatic carbocycles. The number of nitrogens with two attached hydrogens (primary N) is 1. The topological polar surface area (TPSA) is 29.3 Å². The van der Waals surface area contributed by atoms with Gasteiger partial charge in [0.25, 0.3) is 0 Å². The summed E-state index contributed by atoms with van der Waals surface area (Å²) in [5.74, 6) is 2.56. The predicted molar refractivity (Wildman–Crippen MR) is 77.8 cm³/mol. The summed E-state index contributed by atoms with van der Waals surface area (Å²) in [6.07, 6.45) is 2.30. The third-order valence-corrected chi connectivity index (χ3v) is 4.77. The summed E-state index contributed by atoms with van der Waals surface area (Å²) in [6, 6.07) is 9.62. The van der Waals surface area contributed by atoms with Gasteiger partial charge in [-0.25, -0.2) is 0 Å². The molecule has 1 unspecified atom stereocenters. The quantitative estimate of drug-likeness (QED) is 0.890. The van der Waals surface area contributed by atoms with Crippen LogP contribution in [0.4, 0.5) is 5.69 Å². The van der Waals surface area contributed by atoms with E-state index >= 15 is 0 Å². The van der Waals surface area contributed by atoms with Gasteiger partial charge in [-0.3, -0.25) is 0 Å². The molecule has 2 nitrogen and oxygen atoms in total. The summed E-state index contributed by atoms with van der Waals surface area (Å²) in [5, 5.41) is 0. The summed E-state index contributed by atoms with van der Waals surface area (Å²) in [5.41, 5.74) is 8.58. The molecule has 1 aliphatic rings. The molecule has 1 saturated heterocycles. The van der Waals surface area contributed by atoms with Crippen molar-refractivity contribution in [2.24, 2.45) is 5.73 Å². The molecule has 0 saturated carbocycles. The molecule has 2 rings (SSSR count). The average Bonchev–Trinajstić information content (AvgIpc) is 2.91. The first kappa shape index (κ1) is 12.8. The number of rotatable bonds is 4. The van der Waals surface area contributed by atoms with Crippen LogP contribution in [0.15, 0.2) is 24.3 Å². The van der Waals surface area contributed by atoms with Gasteiger partial charge in [0.05, 0.1) is 0 Å². The minimum absolute atomic E-state index is 0.177. The van der Waals surface area contributed by atoms with Crippen molar-refractivity contribution in [3.05, 3.63) is 29.8 Å². The lowest BCUT2D eigenvalue weighted by atomic mass is 10.0. The highest BCUT2D eigenvalue weighted by Gasteiger charge is 2.20. The van der Waals surface area contributed by atoms with Crippen molar-refractivity contribution < 1.29 is 0 Å². The lowest BCUT2D eigenvalue weighted by Crippen LogP contribution is -2.31. The third-order valence-electron chi connectivity index (χ3n) is 3.62. The highest BCUT2D eigenvalue weighted by Crippen LogP contribution is 2.26. The fraction of sp³-hybridized carbons (Fsp3) is 0.571. The second-order valence-electron chi connectivity index (χ2n) is 4.73. The summed E-state index contributed by atoms with van der Waals surface area (Å²) in [6.45, 7) is 2.13. The monoisotopic (exact) mass is 250 g/mol. The van der Waals surface area contributed by atoms with E-state index in [0.29, 0.717) is 6.04 Å². The van der Waals surface area contributed by atoms with Crippen molar-refractivity contribution in [2.45, 2.75) is 31.8 Å². The van der Waals surface area contributed by atoms with Crippen molar-refractivity contribution in [3.63, 3.8) is 0 Å². The molecule has 94 valence electrons. The Hall–Kier alpha value is -0.670. The molecule has 3 heteroatoms. The molecule has 2 N–H and O–H groups in total. The Labute approximate surface area is 109 Å². The van der Waals surface area contributed by atoms with Gasteiger partial charge in [0.1, 0.15) is 0 Å². The van der Waals surface area contributed by atoms with Crippen molar-refractivity contribution in [1.82, 2.24) is 0 Å². The van der Waals surface area contributed by atoms with Crippen LogP contribution in [-0.2, 0) is 0 Å². The zero-order valence-electron chi connectivity index (χ0n) is 10.7. The van der Waals surface area contributed by atoms with E-state index in [9.17, 15) is 0 Å². The predicted octanol–water partition coefficient (Wildman–Crippen LogP) is 3.04. The van der Waals surface area contributed by atoms with Gasteiger partial charge >= 0.3 is 0 Å². The van der Waals surface area contributed by atoms with Crippen molar-refractivity contribution in [1.29, 1.82) is 0 Å². The van der Waals surface area contributed by atoms with E-state index in [4.69, 9.17) is 5.73 Å². The van der Waals surface area contributed by atoms with E-state index in [0.717, 1.165) is 6.42 Å². The molecule has 1 aromatic carbocycles. The molecule has 2 atom stereocenters. The van der Waals surface area contributed by atoms with E-state index in [1.165, 1.54) is 29.2 Å². The molecule has 0 bridgehead atoms. The Morgan fingerprint density at radius 2 is 2.12 bits per heavy atom. The van der Waals surface area contributed by atoms with Crippen LogP contribution in [0.3, 0.4) is 0 Å². The summed E-state index contributed by atoms with van der Waals surface area (Å²) in [7, 11) is 2.20. The SMILES string of the molecule is CC[C@@H](N)c1ccc(N(C)C2CCSC2)cc1. The van der Waals surface area contributed by atoms with E-state index in [-0.39, 0.29) is 6.04 Å². The lowest BCUT2D eigenvalue weighted by Gasteiger charge is -2.26. The maximum atomic E-state index is 6.03. The molecule has 1 heterocycles. The molecule has 0 radical (unpaired) electrons. The second-order valence-corrected chi connectivity index (χ2v) is 5.88. The van der Waals surface area contributed by atoms with Crippen LogP contribution in [0.1, 0.15) is 31.4 Å². The maximum Gasteiger partial charge on any atom is 0.0385 e. The molecule has 1 aromatic rings. The standard InChI is InChI=1S/C14H22N2S/c1-3-14(15)11-4-6-12(7-5-11)16(2)13-8-9-17-10-13/h4-7,13-14H,3,8-10,15H2,1-2H3/t13?,14-/m1/s1. The fourth-order valence-corrected chi connectivity index (χ4v) is 3.50. The fourth-order valence-electron chi connectivity index (χ4n) is 2.23. The lowest BCUT2D eigenvalue weighted by molar-refractivity contribution is 0.691. The first-order valence-corrected chi connectivity index (χ1v) is 7.54. The van der Waals surface area contributed by atoms with Crippen LogP contribution in [-0.4, -0.2) is 24.6 Å². The van der Waals surface area contributed by atoms with Gasteiger partial charge in [0, 0.05) is 30.6 Å². The van der Waals surface area contributed by atoms with Gasteiger partial charge in [-0.2, -0.15) is 11.8 Å². The number of hydrogen-bond donors (Lipinski definition) is 1. The van der Waals surface area contributed by atoms with Crippen LogP contribution >= 0.6 is 11.8 Å². The number of benzene rings is 1. The van der Waals surface area contributed by atoms with Gasteiger partial charge < -0.3 is 10.6 Å². The smallest absolute Gasteiger partial charge is 0.0385 e. The van der Waals surface area contributed by atoms with Gasteiger partial charge in [0.15, 0.2) is 0 Å². The van der Waals surface area contributed by atoms with E-state index < -0.39 is 0 Å². The molecule has 0 spiro atoms. The Morgan fingerprint density at radius 3 is 2.65 bits per heavy atom. The zero-order valence-corrected chi connectivity index (χ0v) is 11.5. The number of nitrogens with zero attached hydrogens (tertiary/aromatic N) is 1. The summed E-state index contributed by atoms with van der Waals surface area (Å²) < 4.78 is 0. The summed E-state index contributed by atoms with van der Waals surface area (Å²) >= 11 is 2.06. The second kappa shape index (κ2) is 5.78. The largest absolute Gasteiger partial charge is 0.371 e. The van der Waals surface area contributed by atoms with E-state index in [2.05, 4.69) is 54.9 Å². The highest BCUT2D eigenvalue weighted by atomic mass is 32.2. The van der Waals surface area contributed by atoms with Crippen LogP contribution in [0, 0.1) is 0 Å². The van der Waals surface area contributed by atoms with Gasteiger partial charge in [-0.15, -0.1) is 0 Å². The Morgan fingerprint density at radius 1 is 1.41 bits per heavy atom. The minimum Gasteiger partial charge on any atom is -0.371 e. The summed E-state index contributed by atoms with van der Waals surface area (Å²) in [4.78, 5) is 2.40. The molecule has 1 fully saturated rings. The number of thioether (sulfide) groups is 1. The van der Waals surface area contributed by atoms with Crippen LogP contribution < -0.4 is 10.6 Å². The van der Waals surface area contributed by atoms with Crippen molar-refractivity contribution in [3.8, 4) is 0 Å². The van der Waals surface area contributed by atoms with Crippen LogP contribution in [0.2, 0.25) is 0 Å². The number of hydrogen-bond acceptors (Lipinski definition) is 3. The Bertz CT molecular complexity index is 344. The molecular formula is C14H22N2S. The molecular weight excluding hydrogens is 228 g/mol. The highest BCUT2D eigenvalue weighted by molar-refractivity contribution is 7.99. The normalized spacial score (nSPS) is 21.5. The van der Waals surface area contributed by atoms with Gasteiger partial charge in [0.2, 0.25) is 0 Å².